The highest BCUT2D eigenvalue weighted by Crippen LogP contribution is 2.29. The summed E-state index contributed by atoms with van der Waals surface area (Å²) >= 11 is 11.9. The Morgan fingerprint density at radius 2 is 1.93 bits per heavy atom. The zero-order valence-corrected chi connectivity index (χ0v) is 15.9. The molecule has 0 unspecified atom stereocenters. The van der Waals surface area contributed by atoms with E-state index in [0.29, 0.717) is 40.9 Å². The summed E-state index contributed by atoms with van der Waals surface area (Å²) < 4.78 is 0. The maximum atomic E-state index is 12.6. The molecule has 138 valence electrons. The van der Waals surface area contributed by atoms with Gasteiger partial charge in [0.1, 0.15) is 11.6 Å². The van der Waals surface area contributed by atoms with Gasteiger partial charge in [-0.15, -0.1) is 0 Å². The number of halogens is 2. The second-order valence-electron chi connectivity index (χ2n) is 6.55. The number of phenolic OH excluding ortho intramolecular Hbond substituents is 1. The van der Waals surface area contributed by atoms with Crippen molar-refractivity contribution in [2.75, 3.05) is 6.54 Å². The molecule has 0 fully saturated rings. The molecule has 3 aromatic rings. The van der Waals surface area contributed by atoms with Crippen LogP contribution in [0, 0.1) is 0 Å². The molecule has 0 radical (unpaired) electrons. The lowest BCUT2D eigenvalue weighted by Crippen LogP contribution is -2.35. The van der Waals surface area contributed by atoms with Gasteiger partial charge in [0.2, 0.25) is 0 Å². The molecule has 2 aromatic carbocycles. The number of aromatic amines is 1. The number of fused-ring (bicyclic) bond motifs is 1. The first-order valence-electron chi connectivity index (χ1n) is 8.58. The lowest BCUT2D eigenvalue weighted by atomic mass is 10.0. The summed E-state index contributed by atoms with van der Waals surface area (Å²) in [5.41, 5.74) is 2.92. The highest BCUT2D eigenvalue weighted by atomic mass is 35.5. The number of benzene rings is 2. The largest absolute Gasteiger partial charge is 0.506 e. The number of phenols is 1. The molecule has 0 saturated heterocycles. The van der Waals surface area contributed by atoms with Crippen LogP contribution in [0.25, 0.3) is 11.4 Å². The quantitative estimate of drug-likeness (QED) is 0.695. The molecular weight excluding hydrogens is 385 g/mol. The van der Waals surface area contributed by atoms with Crippen LogP contribution in [0.5, 0.6) is 5.75 Å². The van der Waals surface area contributed by atoms with Gasteiger partial charge in [0, 0.05) is 42.2 Å². The lowest BCUT2D eigenvalue weighted by molar-refractivity contribution is 0.239. The standard InChI is InChI=1S/C20H17Cl2N3O2/c21-14-6-4-12(5-7-14)19-23-17-8-9-25(11-15(17)20(27)24-19)10-13-2-1-3-16(22)18(13)26/h1-7,26H,8-11H2,(H,23,24,27). The highest BCUT2D eigenvalue weighted by Gasteiger charge is 2.22. The summed E-state index contributed by atoms with van der Waals surface area (Å²) in [5.74, 6) is 0.645. The van der Waals surface area contributed by atoms with Crippen LogP contribution in [0.3, 0.4) is 0 Å². The summed E-state index contributed by atoms with van der Waals surface area (Å²) in [5, 5.41) is 11.1. The van der Waals surface area contributed by atoms with Crippen LogP contribution in [-0.4, -0.2) is 26.5 Å². The number of aromatic nitrogens is 2. The molecule has 2 N–H and O–H groups in total. The first-order valence-corrected chi connectivity index (χ1v) is 9.33. The van der Waals surface area contributed by atoms with Crippen molar-refractivity contribution in [1.29, 1.82) is 0 Å². The average molecular weight is 402 g/mol. The topological polar surface area (TPSA) is 69.2 Å². The summed E-state index contributed by atoms with van der Waals surface area (Å²) in [6, 6.07) is 12.5. The monoisotopic (exact) mass is 401 g/mol. The van der Waals surface area contributed by atoms with Crippen molar-refractivity contribution < 1.29 is 5.11 Å². The van der Waals surface area contributed by atoms with Gasteiger partial charge in [-0.2, -0.15) is 0 Å². The minimum absolute atomic E-state index is 0.0927. The molecule has 0 bridgehead atoms. The Morgan fingerprint density at radius 1 is 1.15 bits per heavy atom. The number of nitrogens with zero attached hydrogens (tertiary/aromatic N) is 2. The van der Waals surface area contributed by atoms with Crippen LogP contribution in [-0.2, 0) is 19.5 Å². The molecule has 1 aliphatic heterocycles. The number of aromatic hydroxyl groups is 1. The van der Waals surface area contributed by atoms with E-state index >= 15 is 0 Å². The maximum Gasteiger partial charge on any atom is 0.255 e. The minimum atomic E-state index is -0.134. The van der Waals surface area contributed by atoms with E-state index in [1.54, 1.807) is 18.2 Å². The van der Waals surface area contributed by atoms with Gasteiger partial charge in [-0.3, -0.25) is 9.69 Å². The molecule has 27 heavy (non-hydrogen) atoms. The maximum absolute atomic E-state index is 12.6. The molecule has 0 aliphatic carbocycles. The van der Waals surface area contributed by atoms with Gasteiger partial charge in [-0.1, -0.05) is 35.3 Å². The van der Waals surface area contributed by atoms with Crippen molar-refractivity contribution >= 4 is 23.2 Å². The van der Waals surface area contributed by atoms with E-state index in [-0.39, 0.29) is 11.3 Å². The third kappa shape index (κ3) is 3.72. The second-order valence-corrected chi connectivity index (χ2v) is 7.40. The fraction of sp³-hybridized carbons (Fsp3) is 0.200. The molecule has 0 saturated carbocycles. The minimum Gasteiger partial charge on any atom is -0.506 e. The number of hydrogen-bond acceptors (Lipinski definition) is 4. The van der Waals surface area contributed by atoms with Crippen LogP contribution in [0.2, 0.25) is 10.0 Å². The Labute approximate surface area is 166 Å². The van der Waals surface area contributed by atoms with E-state index in [4.69, 9.17) is 23.2 Å². The van der Waals surface area contributed by atoms with E-state index in [2.05, 4.69) is 14.9 Å². The van der Waals surface area contributed by atoms with Crippen molar-refractivity contribution in [1.82, 2.24) is 14.9 Å². The van der Waals surface area contributed by atoms with Crippen molar-refractivity contribution in [3.05, 3.63) is 79.7 Å². The molecule has 0 atom stereocenters. The molecule has 4 rings (SSSR count). The molecule has 0 spiro atoms. The first-order chi connectivity index (χ1) is 13.0. The number of hydrogen-bond donors (Lipinski definition) is 2. The zero-order chi connectivity index (χ0) is 19.0. The molecule has 7 heteroatoms. The van der Waals surface area contributed by atoms with Crippen LogP contribution in [0.1, 0.15) is 16.8 Å². The van der Waals surface area contributed by atoms with Crippen molar-refractivity contribution in [2.45, 2.75) is 19.5 Å². The summed E-state index contributed by atoms with van der Waals surface area (Å²) in [6.07, 6.45) is 0.668. The SMILES string of the molecule is O=c1[nH]c(-c2ccc(Cl)cc2)nc2c1CN(Cc1cccc(Cl)c1O)CC2. The van der Waals surface area contributed by atoms with Gasteiger partial charge < -0.3 is 10.1 Å². The molecule has 0 amide bonds. The van der Waals surface area contributed by atoms with Gasteiger partial charge in [0.15, 0.2) is 0 Å². The fourth-order valence-electron chi connectivity index (χ4n) is 3.29. The lowest BCUT2D eigenvalue weighted by Gasteiger charge is -2.28. The fourth-order valence-corrected chi connectivity index (χ4v) is 3.61. The van der Waals surface area contributed by atoms with E-state index in [1.165, 1.54) is 0 Å². The van der Waals surface area contributed by atoms with Crippen LogP contribution in [0.4, 0.5) is 0 Å². The van der Waals surface area contributed by atoms with Gasteiger partial charge in [0.25, 0.3) is 5.56 Å². The number of nitrogens with one attached hydrogen (secondary N) is 1. The van der Waals surface area contributed by atoms with Crippen molar-refractivity contribution in [2.24, 2.45) is 0 Å². The third-order valence-corrected chi connectivity index (χ3v) is 5.29. The zero-order valence-electron chi connectivity index (χ0n) is 14.4. The van der Waals surface area contributed by atoms with E-state index < -0.39 is 0 Å². The van der Waals surface area contributed by atoms with E-state index in [1.807, 2.05) is 24.3 Å². The normalized spacial score (nSPS) is 14.1. The summed E-state index contributed by atoms with van der Waals surface area (Å²) in [4.78, 5) is 22.2. The van der Waals surface area contributed by atoms with Gasteiger partial charge in [0.05, 0.1) is 16.3 Å². The first kappa shape index (κ1) is 18.0. The Hall–Kier alpha value is -2.34. The summed E-state index contributed by atoms with van der Waals surface area (Å²) in [6.45, 7) is 1.74. The van der Waals surface area contributed by atoms with Gasteiger partial charge in [-0.25, -0.2) is 4.98 Å². The second kappa shape index (κ2) is 7.35. The van der Waals surface area contributed by atoms with Crippen LogP contribution < -0.4 is 5.56 Å². The van der Waals surface area contributed by atoms with E-state index in [9.17, 15) is 9.90 Å². The number of para-hydroxylation sites is 1. The number of H-pyrrole nitrogens is 1. The molecule has 2 heterocycles. The molecule has 1 aliphatic rings. The van der Waals surface area contributed by atoms with Gasteiger partial charge in [-0.05, 0) is 30.3 Å². The smallest absolute Gasteiger partial charge is 0.255 e. The van der Waals surface area contributed by atoms with Crippen LogP contribution in [0.15, 0.2) is 47.3 Å². The Kier molecular flexibility index (Phi) is 4.91. The average Bonchev–Trinajstić information content (AvgIpc) is 2.66. The van der Waals surface area contributed by atoms with Crippen LogP contribution >= 0.6 is 23.2 Å². The number of rotatable bonds is 3. The summed E-state index contributed by atoms with van der Waals surface area (Å²) in [7, 11) is 0. The Balaban J connectivity index is 1.59. The molecule has 5 nitrogen and oxygen atoms in total. The predicted octanol–water partition coefficient (Wildman–Crippen LogP) is 4.01. The van der Waals surface area contributed by atoms with Gasteiger partial charge >= 0.3 is 0 Å². The Morgan fingerprint density at radius 3 is 2.70 bits per heavy atom. The third-order valence-electron chi connectivity index (χ3n) is 4.73. The Bertz CT molecular complexity index is 1050. The molecular formula is C20H17Cl2N3O2. The van der Waals surface area contributed by atoms with Crippen molar-refractivity contribution in [3.63, 3.8) is 0 Å². The highest BCUT2D eigenvalue weighted by molar-refractivity contribution is 6.32. The van der Waals surface area contributed by atoms with E-state index in [0.717, 1.165) is 23.4 Å². The van der Waals surface area contributed by atoms with Crippen molar-refractivity contribution in [3.8, 4) is 17.1 Å². The predicted molar refractivity (Wildman–Crippen MR) is 106 cm³/mol. The molecule has 1 aromatic heterocycles.